The first-order valence-electron chi connectivity index (χ1n) is 8.64. The van der Waals surface area contributed by atoms with Gasteiger partial charge in [0.15, 0.2) is 0 Å². The Morgan fingerprint density at radius 3 is 2.41 bits per heavy atom. The van der Waals surface area contributed by atoms with Crippen LogP contribution in [0.1, 0.15) is 25.7 Å². The predicted octanol–water partition coefficient (Wildman–Crippen LogP) is -1.44. The van der Waals surface area contributed by atoms with E-state index in [1.165, 1.54) is 4.90 Å². The molecule has 2 atom stereocenters. The number of fused-ring (bicyclic) bond motifs is 3. The highest BCUT2D eigenvalue weighted by atomic mass is 32.3. The first-order valence-corrected chi connectivity index (χ1v) is 10.0. The monoisotopic (exact) mass is 404 g/mol. The van der Waals surface area contributed by atoms with E-state index in [1.807, 2.05) is 0 Å². The zero-order valence-corrected chi connectivity index (χ0v) is 15.1. The molecule has 12 nitrogen and oxygen atoms in total. The number of nitrogens with zero attached hydrogens (tertiary/aromatic N) is 2. The molecule has 4 fully saturated rings. The van der Waals surface area contributed by atoms with Crippen LogP contribution in [0.4, 0.5) is 4.79 Å². The van der Waals surface area contributed by atoms with Crippen LogP contribution in [-0.2, 0) is 29.0 Å². The van der Waals surface area contributed by atoms with Crippen LogP contribution in [0.15, 0.2) is 0 Å². The number of hydrogen-bond donors (Lipinski definition) is 3. The third kappa shape index (κ3) is 3.13. The second kappa shape index (κ2) is 6.29. The first kappa shape index (κ1) is 18.4. The Labute approximate surface area is 155 Å². The van der Waals surface area contributed by atoms with Gasteiger partial charge in [0, 0.05) is 17.9 Å². The number of ether oxygens (including phenoxy) is 1. The summed E-state index contributed by atoms with van der Waals surface area (Å²) in [6, 6.07) is -2.43. The minimum atomic E-state index is -4.90. The van der Waals surface area contributed by atoms with Crippen molar-refractivity contribution < 1.29 is 36.4 Å². The van der Waals surface area contributed by atoms with Crippen LogP contribution in [0.3, 0.4) is 0 Å². The molecule has 0 aromatic heterocycles. The SMILES string of the molecule is O=C(NNC(=O)C1CC2(COC2)C2CN1C(=O)N2OS(=O)(=O)O)C1CCC1. The normalized spacial score (nSPS) is 29.3. The fraction of sp³-hybridized carbons (Fsp3) is 0.786. The smallest absolute Gasteiger partial charge is 0.380 e. The number of carbonyl (C=O) groups is 3. The molecule has 150 valence electrons. The fourth-order valence-electron chi connectivity index (χ4n) is 4.01. The average Bonchev–Trinajstić information content (AvgIpc) is 2.75. The van der Waals surface area contributed by atoms with Crippen molar-refractivity contribution in [1.29, 1.82) is 0 Å². The van der Waals surface area contributed by atoms with Crippen molar-refractivity contribution in [2.45, 2.75) is 37.8 Å². The lowest BCUT2D eigenvalue weighted by molar-refractivity contribution is -0.193. The molecule has 27 heavy (non-hydrogen) atoms. The zero-order chi connectivity index (χ0) is 19.4. The summed E-state index contributed by atoms with van der Waals surface area (Å²) in [7, 11) is -4.90. The minimum absolute atomic E-state index is 0.0480. The molecule has 0 aromatic carbocycles. The molecule has 4 amide bonds. The summed E-state index contributed by atoms with van der Waals surface area (Å²) in [6.45, 7) is 0.497. The van der Waals surface area contributed by atoms with Crippen molar-refractivity contribution in [2.75, 3.05) is 19.8 Å². The number of rotatable bonds is 4. The van der Waals surface area contributed by atoms with E-state index < -0.39 is 39.8 Å². The Bertz CT molecular complexity index is 778. The molecule has 13 heteroatoms. The number of nitrogens with one attached hydrogen (secondary N) is 2. The van der Waals surface area contributed by atoms with Crippen LogP contribution < -0.4 is 10.9 Å². The van der Waals surface area contributed by atoms with Gasteiger partial charge in [0.25, 0.3) is 5.91 Å². The van der Waals surface area contributed by atoms with Gasteiger partial charge in [-0.2, -0.15) is 13.5 Å². The number of hydroxylamine groups is 2. The molecule has 2 bridgehead atoms. The number of hydrazine groups is 1. The lowest BCUT2D eigenvalue weighted by Gasteiger charge is -2.50. The van der Waals surface area contributed by atoms with E-state index in [1.54, 1.807) is 0 Å². The Hall–Kier alpha value is -1.96. The maximum atomic E-state index is 12.6. The van der Waals surface area contributed by atoms with E-state index >= 15 is 0 Å². The van der Waals surface area contributed by atoms with Gasteiger partial charge in [-0.15, -0.1) is 4.28 Å². The quantitative estimate of drug-likeness (QED) is 0.380. The first-order chi connectivity index (χ1) is 12.7. The van der Waals surface area contributed by atoms with Gasteiger partial charge >= 0.3 is 16.4 Å². The molecule has 2 unspecified atom stereocenters. The van der Waals surface area contributed by atoms with Crippen molar-refractivity contribution in [1.82, 2.24) is 20.8 Å². The summed E-state index contributed by atoms with van der Waals surface area (Å²) in [5.41, 5.74) is 4.07. The maximum Gasteiger partial charge on any atom is 0.418 e. The van der Waals surface area contributed by atoms with Gasteiger partial charge in [-0.25, -0.2) is 4.79 Å². The van der Waals surface area contributed by atoms with Gasteiger partial charge < -0.3 is 9.64 Å². The van der Waals surface area contributed by atoms with Gasteiger partial charge in [0.2, 0.25) is 5.91 Å². The third-order valence-electron chi connectivity index (χ3n) is 5.81. The molecule has 3 heterocycles. The molecule has 0 radical (unpaired) electrons. The van der Waals surface area contributed by atoms with Gasteiger partial charge in [0.05, 0.1) is 19.3 Å². The molecule has 3 N–H and O–H groups in total. The molecule has 4 aliphatic rings. The van der Waals surface area contributed by atoms with Crippen molar-refractivity contribution >= 4 is 28.2 Å². The largest absolute Gasteiger partial charge is 0.418 e. The second-order valence-electron chi connectivity index (χ2n) is 7.46. The molecule has 0 aromatic rings. The number of amides is 4. The van der Waals surface area contributed by atoms with Gasteiger partial charge in [-0.1, -0.05) is 6.42 Å². The van der Waals surface area contributed by atoms with Crippen molar-refractivity contribution in [3.05, 3.63) is 0 Å². The predicted molar refractivity (Wildman–Crippen MR) is 85.6 cm³/mol. The second-order valence-corrected chi connectivity index (χ2v) is 8.46. The Balaban J connectivity index is 1.48. The van der Waals surface area contributed by atoms with E-state index in [0.717, 1.165) is 19.3 Å². The third-order valence-corrected chi connectivity index (χ3v) is 6.16. The minimum Gasteiger partial charge on any atom is -0.380 e. The van der Waals surface area contributed by atoms with Gasteiger partial charge in [0.1, 0.15) is 6.04 Å². The summed E-state index contributed by atoms with van der Waals surface area (Å²) >= 11 is 0. The summed E-state index contributed by atoms with van der Waals surface area (Å²) in [4.78, 5) is 38.2. The topological polar surface area (TPSA) is 155 Å². The van der Waals surface area contributed by atoms with Crippen molar-refractivity contribution in [3.63, 3.8) is 0 Å². The highest BCUT2D eigenvalue weighted by molar-refractivity contribution is 7.80. The highest BCUT2D eigenvalue weighted by Gasteiger charge is 2.63. The summed E-state index contributed by atoms with van der Waals surface area (Å²) in [5, 5.41) is 0.595. The Morgan fingerprint density at radius 2 is 1.89 bits per heavy atom. The molecule has 3 saturated heterocycles. The van der Waals surface area contributed by atoms with Crippen LogP contribution in [0.2, 0.25) is 0 Å². The fourth-order valence-corrected chi connectivity index (χ4v) is 4.38. The van der Waals surface area contributed by atoms with E-state index in [0.29, 0.717) is 5.06 Å². The lowest BCUT2D eigenvalue weighted by atomic mass is 9.71. The molecular weight excluding hydrogens is 384 g/mol. The van der Waals surface area contributed by atoms with E-state index in [2.05, 4.69) is 15.1 Å². The van der Waals surface area contributed by atoms with Gasteiger partial charge in [-0.05, 0) is 19.3 Å². The van der Waals surface area contributed by atoms with E-state index in [9.17, 15) is 22.8 Å². The number of urea groups is 1. The van der Waals surface area contributed by atoms with Crippen LogP contribution in [0.5, 0.6) is 0 Å². The number of carbonyl (C=O) groups excluding carboxylic acids is 3. The molecule has 1 saturated carbocycles. The average molecular weight is 404 g/mol. The van der Waals surface area contributed by atoms with Gasteiger partial charge in [-0.3, -0.25) is 25.0 Å². The molecule has 1 spiro atoms. The van der Waals surface area contributed by atoms with Crippen LogP contribution >= 0.6 is 0 Å². The van der Waals surface area contributed by atoms with Crippen molar-refractivity contribution in [3.8, 4) is 0 Å². The maximum absolute atomic E-state index is 12.6. The van der Waals surface area contributed by atoms with Crippen LogP contribution in [0.25, 0.3) is 0 Å². The van der Waals surface area contributed by atoms with Crippen molar-refractivity contribution in [2.24, 2.45) is 11.3 Å². The van der Waals surface area contributed by atoms with Crippen LogP contribution in [0, 0.1) is 11.3 Å². The summed E-state index contributed by atoms with van der Waals surface area (Å²) in [6.07, 6.45) is 2.75. The Morgan fingerprint density at radius 1 is 1.22 bits per heavy atom. The van der Waals surface area contributed by atoms with Crippen LogP contribution in [-0.4, -0.2) is 72.6 Å². The lowest BCUT2D eigenvalue weighted by Crippen LogP contribution is -2.64. The van der Waals surface area contributed by atoms with E-state index in [-0.39, 0.29) is 38.0 Å². The highest BCUT2D eigenvalue weighted by Crippen LogP contribution is 2.47. The molecule has 1 aliphatic carbocycles. The number of hydrogen-bond acceptors (Lipinski definition) is 7. The molecule has 4 rings (SSSR count). The zero-order valence-electron chi connectivity index (χ0n) is 14.3. The molecule has 3 aliphatic heterocycles. The summed E-state index contributed by atoms with van der Waals surface area (Å²) in [5.74, 6) is -0.956. The standard InChI is InChI=1S/C14H20N4O8S/c19-11(8-2-1-3-8)15-16-12(20)9-4-14(6-25-7-14)10-5-17(9)13(21)18(10)26-27(22,23)24/h8-10H,1-7H2,(H,15,19)(H,16,20)(H,22,23,24). The number of piperidine rings is 1. The molecular formula is C14H20N4O8S. The Kier molecular flexibility index (Phi) is 4.29. The van der Waals surface area contributed by atoms with E-state index in [4.69, 9.17) is 9.29 Å². The summed E-state index contributed by atoms with van der Waals surface area (Å²) < 4.78 is 40.8.